The maximum absolute atomic E-state index is 12.8. The number of amides is 1. The van der Waals surface area contributed by atoms with Crippen LogP contribution in [-0.2, 0) is 24.9 Å². The van der Waals surface area contributed by atoms with Gasteiger partial charge in [-0.05, 0) is 54.5 Å². The maximum Gasteiger partial charge on any atom is 0.237 e. The normalized spacial score (nSPS) is 16.1. The van der Waals surface area contributed by atoms with Crippen LogP contribution in [0.25, 0.3) is 0 Å². The van der Waals surface area contributed by atoms with Crippen molar-refractivity contribution in [1.82, 2.24) is 14.8 Å². The van der Waals surface area contributed by atoms with E-state index in [9.17, 15) is 4.79 Å². The smallest absolute Gasteiger partial charge is 0.237 e. The Morgan fingerprint density at radius 1 is 1.06 bits per heavy atom. The Kier molecular flexibility index (Phi) is 6.67. The van der Waals surface area contributed by atoms with Crippen LogP contribution in [0.1, 0.15) is 55.0 Å². The molecule has 33 heavy (non-hydrogen) atoms. The number of nitrogens with zero attached hydrogens (tertiary/aromatic N) is 4. The van der Waals surface area contributed by atoms with Crippen molar-refractivity contribution in [2.45, 2.75) is 56.2 Å². The molecule has 2 aromatic carbocycles. The average molecular weight is 463 g/mol. The van der Waals surface area contributed by atoms with Crippen molar-refractivity contribution in [3.05, 3.63) is 65.5 Å². The zero-order valence-electron chi connectivity index (χ0n) is 19.1. The molecule has 1 saturated carbocycles. The van der Waals surface area contributed by atoms with E-state index in [1.165, 1.54) is 55.0 Å². The maximum atomic E-state index is 12.8. The summed E-state index contributed by atoms with van der Waals surface area (Å²) in [6.07, 6.45) is 7.56. The van der Waals surface area contributed by atoms with Crippen molar-refractivity contribution in [2.75, 3.05) is 17.2 Å². The molecule has 0 atom stereocenters. The minimum Gasteiger partial charge on any atom is -0.486 e. The van der Waals surface area contributed by atoms with Gasteiger partial charge in [-0.3, -0.25) is 4.79 Å². The summed E-state index contributed by atoms with van der Waals surface area (Å²) in [4.78, 5) is 14.6. The third-order valence-electron chi connectivity index (χ3n) is 6.76. The van der Waals surface area contributed by atoms with Gasteiger partial charge in [-0.2, -0.15) is 0 Å². The summed E-state index contributed by atoms with van der Waals surface area (Å²) in [5, 5.41) is 9.27. The summed E-state index contributed by atoms with van der Waals surface area (Å²) >= 11 is 1.42. The SMILES string of the molecule is Cn1c(COc2ccc(C3CCCCC3)cc2)nnc1SCC(=O)N1CCc2ccccc21. The first-order valence-corrected chi connectivity index (χ1v) is 12.8. The topological polar surface area (TPSA) is 60.2 Å². The van der Waals surface area contributed by atoms with Crippen LogP contribution in [0.15, 0.2) is 53.7 Å². The van der Waals surface area contributed by atoms with Gasteiger partial charge in [-0.15, -0.1) is 10.2 Å². The number of ether oxygens (including phenoxy) is 1. The average Bonchev–Trinajstić information content (AvgIpc) is 3.45. The molecule has 0 radical (unpaired) electrons. The molecule has 2 aliphatic rings. The number of fused-ring (bicyclic) bond motifs is 1. The molecule has 1 aromatic heterocycles. The Labute approximate surface area is 199 Å². The van der Waals surface area contributed by atoms with Crippen LogP contribution in [0.5, 0.6) is 5.75 Å². The van der Waals surface area contributed by atoms with Gasteiger partial charge in [0.2, 0.25) is 5.91 Å². The number of benzene rings is 2. The summed E-state index contributed by atoms with van der Waals surface area (Å²) in [5.41, 5.74) is 3.69. The fourth-order valence-electron chi connectivity index (χ4n) is 4.82. The summed E-state index contributed by atoms with van der Waals surface area (Å²) in [5.74, 6) is 2.72. The highest BCUT2D eigenvalue weighted by molar-refractivity contribution is 7.99. The third kappa shape index (κ3) is 4.93. The van der Waals surface area contributed by atoms with Crippen LogP contribution < -0.4 is 9.64 Å². The van der Waals surface area contributed by atoms with Crippen LogP contribution >= 0.6 is 11.8 Å². The Morgan fingerprint density at radius 3 is 2.67 bits per heavy atom. The predicted molar refractivity (Wildman–Crippen MR) is 131 cm³/mol. The molecule has 1 aliphatic carbocycles. The van der Waals surface area contributed by atoms with E-state index < -0.39 is 0 Å². The lowest BCUT2D eigenvalue weighted by Crippen LogP contribution is -2.30. The number of aromatic nitrogens is 3. The fraction of sp³-hybridized carbons (Fsp3) is 0.423. The predicted octanol–water partition coefficient (Wildman–Crippen LogP) is 5.12. The Bertz CT molecular complexity index is 1110. The minimum atomic E-state index is 0.101. The Hall–Kier alpha value is -2.80. The molecule has 0 spiro atoms. The molecule has 0 bridgehead atoms. The van der Waals surface area contributed by atoms with Gasteiger partial charge in [0.1, 0.15) is 12.4 Å². The second-order valence-electron chi connectivity index (χ2n) is 8.86. The first kappa shape index (κ1) is 22.0. The van der Waals surface area contributed by atoms with E-state index >= 15 is 0 Å². The van der Waals surface area contributed by atoms with Gasteiger partial charge in [-0.25, -0.2) is 0 Å². The molecule has 0 unspecified atom stereocenters. The summed E-state index contributed by atoms with van der Waals surface area (Å²) < 4.78 is 7.88. The van der Waals surface area contributed by atoms with Crippen molar-refractivity contribution in [2.24, 2.45) is 7.05 Å². The van der Waals surface area contributed by atoms with Gasteiger partial charge in [-0.1, -0.05) is 61.4 Å². The lowest BCUT2D eigenvalue weighted by Gasteiger charge is -2.22. The number of hydrogen-bond donors (Lipinski definition) is 0. The molecular weight excluding hydrogens is 432 g/mol. The number of rotatable bonds is 7. The van der Waals surface area contributed by atoms with Gasteiger partial charge in [0, 0.05) is 19.3 Å². The van der Waals surface area contributed by atoms with Crippen LogP contribution in [0, 0.1) is 0 Å². The van der Waals surface area contributed by atoms with Crippen LogP contribution in [0.2, 0.25) is 0 Å². The monoisotopic (exact) mass is 462 g/mol. The number of carbonyl (C=O) groups excluding carboxylic acids is 1. The molecule has 2 heterocycles. The zero-order chi connectivity index (χ0) is 22.6. The second kappa shape index (κ2) is 10.00. The molecule has 5 rings (SSSR count). The van der Waals surface area contributed by atoms with Crippen molar-refractivity contribution in [3.63, 3.8) is 0 Å². The van der Waals surface area contributed by atoms with Gasteiger partial charge >= 0.3 is 0 Å². The molecule has 0 saturated heterocycles. The Morgan fingerprint density at radius 2 is 1.85 bits per heavy atom. The van der Waals surface area contributed by atoms with E-state index in [-0.39, 0.29) is 5.91 Å². The van der Waals surface area contributed by atoms with E-state index in [1.807, 2.05) is 34.7 Å². The second-order valence-corrected chi connectivity index (χ2v) is 9.81. The highest BCUT2D eigenvalue weighted by Crippen LogP contribution is 2.33. The van der Waals surface area contributed by atoms with E-state index in [0.717, 1.165) is 35.4 Å². The number of carbonyl (C=O) groups is 1. The zero-order valence-corrected chi connectivity index (χ0v) is 19.9. The highest BCUT2D eigenvalue weighted by Gasteiger charge is 2.24. The molecule has 7 heteroatoms. The summed E-state index contributed by atoms with van der Waals surface area (Å²) in [6.45, 7) is 1.09. The number of thioether (sulfide) groups is 1. The van der Waals surface area contributed by atoms with Crippen molar-refractivity contribution >= 4 is 23.4 Å². The highest BCUT2D eigenvalue weighted by atomic mass is 32.2. The van der Waals surface area contributed by atoms with Gasteiger partial charge in [0.05, 0.1) is 5.75 Å². The quantitative estimate of drug-likeness (QED) is 0.456. The molecule has 1 amide bonds. The van der Waals surface area contributed by atoms with E-state index in [0.29, 0.717) is 18.3 Å². The van der Waals surface area contributed by atoms with Gasteiger partial charge in [0.25, 0.3) is 0 Å². The summed E-state index contributed by atoms with van der Waals surface area (Å²) in [6, 6.07) is 16.6. The lowest BCUT2D eigenvalue weighted by molar-refractivity contribution is -0.116. The fourth-order valence-corrected chi connectivity index (χ4v) is 5.62. The molecule has 1 fully saturated rings. The molecule has 0 N–H and O–H groups in total. The standard InChI is InChI=1S/C26H30N4O2S/c1-29-24(17-32-22-13-11-20(12-14-22)19-7-3-2-4-8-19)27-28-26(29)33-18-25(31)30-16-15-21-9-5-6-10-23(21)30/h5-6,9-14,19H,2-4,7-8,15-18H2,1H3. The molecular formula is C26H30N4O2S. The van der Waals surface area contributed by atoms with E-state index in [2.05, 4.69) is 40.5 Å². The van der Waals surface area contributed by atoms with Gasteiger partial charge in [0.15, 0.2) is 11.0 Å². The first-order valence-electron chi connectivity index (χ1n) is 11.8. The third-order valence-corrected chi connectivity index (χ3v) is 7.77. The van der Waals surface area contributed by atoms with Crippen LogP contribution in [-0.4, -0.2) is 33.0 Å². The van der Waals surface area contributed by atoms with Crippen molar-refractivity contribution in [3.8, 4) is 5.75 Å². The molecule has 1 aliphatic heterocycles. The lowest BCUT2D eigenvalue weighted by atomic mass is 9.84. The van der Waals surface area contributed by atoms with Gasteiger partial charge < -0.3 is 14.2 Å². The molecule has 172 valence electrons. The number of hydrogen-bond acceptors (Lipinski definition) is 5. The largest absolute Gasteiger partial charge is 0.486 e. The van der Waals surface area contributed by atoms with Crippen LogP contribution in [0.4, 0.5) is 5.69 Å². The Balaban J connectivity index is 1.14. The van der Waals surface area contributed by atoms with Crippen LogP contribution in [0.3, 0.4) is 0 Å². The molecule has 3 aromatic rings. The van der Waals surface area contributed by atoms with Crippen molar-refractivity contribution in [1.29, 1.82) is 0 Å². The van der Waals surface area contributed by atoms with E-state index in [1.54, 1.807) is 0 Å². The summed E-state index contributed by atoms with van der Waals surface area (Å²) in [7, 11) is 1.92. The number of para-hydroxylation sites is 1. The molecule has 6 nitrogen and oxygen atoms in total. The minimum absolute atomic E-state index is 0.101. The van der Waals surface area contributed by atoms with Crippen molar-refractivity contribution < 1.29 is 9.53 Å². The van der Waals surface area contributed by atoms with E-state index in [4.69, 9.17) is 4.74 Å². The number of anilines is 1. The first-order chi connectivity index (χ1) is 16.2.